The van der Waals surface area contributed by atoms with Gasteiger partial charge in [-0.3, -0.25) is 9.59 Å². The molecule has 0 N–H and O–H groups in total. The minimum atomic E-state index is -0.0465. The number of amides is 2. The van der Waals surface area contributed by atoms with Crippen molar-refractivity contribution in [3.63, 3.8) is 0 Å². The number of piperidine rings is 1. The van der Waals surface area contributed by atoms with E-state index in [1.807, 2.05) is 15.2 Å². The highest BCUT2D eigenvalue weighted by Crippen LogP contribution is 2.30. The number of unbranched alkanes of at least 4 members (excludes halogenated alkanes) is 2. The Balaban J connectivity index is 1.56. The summed E-state index contributed by atoms with van der Waals surface area (Å²) in [4.78, 5) is 33.6. The number of hydrogen-bond acceptors (Lipinski definition) is 5. The molecule has 0 spiro atoms. The molecule has 3 aliphatic rings. The molecule has 4 heterocycles. The van der Waals surface area contributed by atoms with Crippen molar-refractivity contribution in [2.45, 2.75) is 51.1 Å². The Hall–Kier alpha value is -1.47. The van der Waals surface area contributed by atoms with Crippen molar-refractivity contribution in [1.82, 2.24) is 14.8 Å². The number of methoxy groups -OCH3 is 1. The molecule has 6 nitrogen and oxygen atoms in total. The van der Waals surface area contributed by atoms with Crippen LogP contribution < -0.4 is 0 Å². The minimum Gasteiger partial charge on any atom is -0.385 e. The molecule has 2 atom stereocenters. The van der Waals surface area contributed by atoms with Crippen molar-refractivity contribution in [1.29, 1.82) is 0 Å². The van der Waals surface area contributed by atoms with E-state index in [1.54, 1.807) is 24.0 Å². The lowest BCUT2D eigenvalue weighted by molar-refractivity contribution is -0.140. The summed E-state index contributed by atoms with van der Waals surface area (Å²) in [5, 5.41) is 1.99. The first-order chi connectivity index (χ1) is 12.2. The summed E-state index contributed by atoms with van der Waals surface area (Å²) < 4.78 is 5.04. The van der Waals surface area contributed by atoms with Crippen molar-refractivity contribution < 1.29 is 14.3 Å². The van der Waals surface area contributed by atoms with Crippen LogP contribution in [0.15, 0.2) is 10.9 Å². The monoisotopic (exact) mass is 365 g/mol. The number of rotatable bonds is 8. The van der Waals surface area contributed by atoms with Crippen LogP contribution in [0.3, 0.4) is 0 Å². The van der Waals surface area contributed by atoms with E-state index in [-0.39, 0.29) is 23.8 Å². The highest BCUT2D eigenvalue weighted by molar-refractivity contribution is 7.07. The average Bonchev–Trinajstić information content (AvgIpc) is 2.97. The van der Waals surface area contributed by atoms with Crippen LogP contribution in [0.1, 0.15) is 44.2 Å². The van der Waals surface area contributed by atoms with Gasteiger partial charge >= 0.3 is 0 Å². The zero-order valence-electron chi connectivity index (χ0n) is 14.9. The largest absolute Gasteiger partial charge is 0.385 e. The zero-order valence-corrected chi connectivity index (χ0v) is 15.7. The van der Waals surface area contributed by atoms with Crippen LogP contribution in [-0.2, 0) is 20.9 Å². The fourth-order valence-corrected chi connectivity index (χ4v) is 4.35. The lowest BCUT2D eigenvalue weighted by Gasteiger charge is -2.35. The molecule has 1 aromatic heterocycles. The summed E-state index contributed by atoms with van der Waals surface area (Å²) in [6, 6.07) is 0.130. The summed E-state index contributed by atoms with van der Waals surface area (Å²) in [6.45, 7) is 2.58. The third kappa shape index (κ3) is 4.58. The number of hydrogen-bond donors (Lipinski definition) is 0. The van der Waals surface area contributed by atoms with E-state index in [1.165, 1.54) is 0 Å². The second-order valence-corrected chi connectivity index (χ2v) is 7.69. The molecule has 25 heavy (non-hydrogen) atoms. The lowest BCUT2D eigenvalue weighted by atomic mass is 9.94. The van der Waals surface area contributed by atoms with Gasteiger partial charge < -0.3 is 14.5 Å². The number of fused-ring (bicyclic) bond motifs is 4. The Morgan fingerprint density at radius 1 is 1.32 bits per heavy atom. The molecule has 2 bridgehead atoms. The van der Waals surface area contributed by atoms with Crippen LogP contribution >= 0.6 is 11.3 Å². The highest BCUT2D eigenvalue weighted by atomic mass is 32.1. The fourth-order valence-electron chi connectivity index (χ4n) is 3.80. The summed E-state index contributed by atoms with van der Waals surface area (Å²) >= 11 is 1.55. The van der Waals surface area contributed by atoms with Crippen molar-refractivity contribution >= 4 is 23.2 Å². The van der Waals surface area contributed by atoms with Gasteiger partial charge in [-0.15, -0.1) is 11.3 Å². The first kappa shape index (κ1) is 18.3. The molecule has 7 heteroatoms. The van der Waals surface area contributed by atoms with E-state index in [0.717, 1.165) is 44.4 Å². The van der Waals surface area contributed by atoms with Gasteiger partial charge in [-0.25, -0.2) is 4.98 Å². The first-order valence-corrected chi connectivity index (χ1v) is 10.1. The maximum Gasteiger partial charge on any atom is 0.228 e. The average molecular weight is 365 g/mol. The van der Waals surface area contributed by atoms with E-state index in [9.17, 15) is 9.59 Å². The standard InChI is InChI=1S/C18H27N3O3S/c1-24-8-4-2-3-5-17(22)20-9-14-6-7-16(11-20)21(18(14)23)10-15-12-25-13-19-15/h12-14,16H,2-11H2,1H3/t14-,16+/m1/s1. The molecule has 0 radical (unpaired) electrons. The third-order valence-electron chi connectivity index (χ3n) is 5.20. The van der Waals surface area contributed by atoms with Crippen molar-refractivity contribution in [2.75, 3.05) is 26.8 Å². The van der Waals surface area contributed by atoms with Gasteiger partial charge in [-0.2, -0.15) is 0 Å². The Bertz CT molecular complexity index is 578. The third-order valence-corrected chi connectivity index (χ3v) is 5.84. The lowest BCUT2D eigenvalue weighted by Crippen LogP contribution is -2.47. The fraction of sp³-hybridized carbons (Fsp3) is 0.722. The predicted molar refractivity (Wildman–Crippen MR) is 96.1 cm³/mol. The summed E-state index contributed by atoms with van der Waals surface area (Å²) in [6.07, 6.45) is 5.35. The summed E-state index contributed by atoms with van der Waals surface area (Å²) in [5.74, 6) is 0.340. The van der Waals surface area contributed by atoms with Gasteiger partial charge in [0.2, 0.25) is 11.8 Å². The molecular weight excluding hydrogens is 338 g/mol. The van der Waals surface area contributed by atoms with Gasteiger partial charge in [0.1, 0.15) is 0 Å². The molecule has 2 amide bonds. The molecule has 4 rings (SSSR count). The minimum absolute atomic E-state index is 0.0465. The normalized spacial score (nSPS) is 23.2. The van der Waals surface area contributed by atoms with Gasteiger partial charge in [-0.1, -0.05) is 6.42 Å². The molecule has 3 saturated heterocycles. The van der Waals surface area contributed by atoms with Gasteiger partial charge in [-0.05, 0) is 25.7 Å². The number of carbonyl (C=O) groups is 2. The smallest absolute Gasteiger partial charge is 0.228 e. The maximum absolute atomic E-state index is 12.8. The molecule has 0 aliphatic carbocycles. The van der Waals surface area contributed by atoms with Gasteiger partial charge in [0.25, 0.3) is 0 Å². The number of carbonyl (C=O) groups excluding carboxylic acids is 2. The number of aromatic nitrogens is 1. The van der Waals surface area contributed by atoms with Gasteiger partial charge in [0, 0.05) is 44.6 Å². The highest BCUT2D eigenvalue weighted by Gasteiger charge is 2.41. The number of nitrogens with zero attached hydrogens (tertiary/aromatic N) is 3. The summed E-state index contributed by atoms with van der Waals surface area (Å²) in [7, 11) is 1.70. The van der Waals surface area contributed by atoms with Crippen molar-refractivity contribution in [2.24, 2.45) is 5.92 Å². The second kappa shape index (κ2) is 8.76. The Morgan fingerprint density at radius 3 is 2.96 bits per heavy atom. The molecular formula is C18H27N3O3S. The van der Waals surface area contributed by atoms with Crippen molar-refractivity contribution in [3.05, 3.63) is 16.6 Å². The van der Waals surface area contributed by atoms with Gasteiger partial charge in [0.15, 0.2) is 0 Å². The van der Waals surface area contributed by atoms with Crippen LogP contribution in [0.2, 0.25) is 0 Å². The molecule has 3 fully saturated rings. The van der Waals surface area contributed by atoms with Crippen LogP contribution in [0.25, 0.3) is 0 Å². The Labute approximate surface area is 153 Å². The van der Waals surface area contributed by atoms with E-state index >= 15 is 0 Å². The van der Waals surface area contributed by atoms with E-state index in [4.69, 9.17) is 4.74 Å². The Kier molecular flexibility index (Phi) is 6.42. The van der Waals surface area contributed by atoms with Crippen LogP contribution in [0, 0.1) is 5.92 Å². The quantitative estimate of drug-likeness (QED) is 0.663. The van der Waals surface area contributed by atoms with Gasteiger partial charge in [0.05, 0.1) is 23.7 Å². The molecule has 0 aromatic carbocycles. The second-order valence-electron chi connectivity index (χ2n) is 6.98. The molecule has 0 unspecified atom stereocenters. The Morgan fingerprint density at radius 2 is 2.20 bits per heavy atom. The molecule has 1 aromatic rings. The van der Waals surface area contributed by atoms with Crippen molar-refractivity contribution in [3.8, 4) is 0 Å². The molecule has 138 valence electrons. The SMILES string of the molecule is COCCCCCC(=O)N1C[C@H]2CC[C@@H](C1)N(Cc1cscn1)C2=O. The summed E-state index contributed by atoms with van der Waals surface area (Å²) in [5.41, 5.74) is 2.75. The topological polar surface area (TPSA) is 62.7 Å². The number of ether oxygens (including phenoxy) is 1. The van der Waals surface area contributed by atoms with Crippen LogP contribution in [0.5, 0.6) is 0 Å². The van der Waals surface area contributed by atoms with Crippen LogP contribution in [-0.4, -0.2) is 59.4 Å². The van der Waals surface area contributed by atoms with E-state index in [0.29, 0.717) is 26.1 Å². The molecule has 0 saturated carbocycles. The maximum atomic E-state index is 12.8. The van der Waals surface area contributed by atoms with E-state index in [2.05, 4.69) is 4.98 Å². The first-order valence-electron chi connectivity index (χ1n) is 9.13. The number of thiazole rings is 1. The van der Waals surface area contributed by atoms with Crippen LogP contribution in [0.4, 0.5) is 0 Å². The molecule has 3 aliphatic heterocycles. The van der Waals surface area contributed by atoms with E-state index < -0.39 is 0 Å². The zero-order chi connectivity index (χ0) is 17.6. The predicted octanol–water partition coefficient (Wildman–Crippen LogP) is 2.30.